The molecule has 9 nitrogen and oxygen atoms in total. The van der Waals surface area contributed by atoms with E-state index in [-0.39, 0.29) is 11.8 Å². The van der Waals surface area contributed by atoms with Gasteiger partial charge in [-0.1, -0.05) is 0 Å². The third kappa shape index (κ3) is 4.61. The van der Waals surface area contributed by atoms with Crippen LogP contribution in [0.4, 0.5) is 0 Å². The first-order valence-electron chi connectivity index (χ1n) is 4.88. The Morgan fingerprint density at radius 1 is 1.05 bits per heavy atom. The highest BCUT2D eigenvalue weighted by Gasteiger charge is 2.22. The lowest BCUT2D eigenvalue weighted by atomic mass is 10.6. The number of nitrogens with two attached hydrogens (primary N) is 1. The van der Waals surface area contributed by atoms with Crippen molar-refractivity contribution in [2.45, 2.75) is 5.16 Å². The Morgan fingerprint density at radius 2 is 1.53 bits per heavy atom. The number of ether oxygens (including phenoxy) is 2. The van der Waals surface area contributed by atoms with E-state index in [0.29, 0.717) is 0 Å². The second-order valence-corrected chi connectivity index (χ2v) is 7.16. The van der Waals surface area contributed by atoms with Gasteiger partial charge in [0.05, 0.1) is 31.8 Å². The van der Waals surface area contributed by atoms with Crippen LogP contribution in [0, 0.1) is 0 Å². The highest BCUT2D eigenvalue weighted by atomic mass is 32.2. The van der Waals surface area contributed by atoms with Crippen molar-refractivity contribution in [1.29, 1.82) is 0 Å². The summed E-state index contributed by atoms with van der Waals surface area (Å²) in [7, 11) is -5.31. The maximum atomic E-state index is 11.9. The van der Waals surface area contributed by atoms with Crippen LogP contribution < -0.4 is 14.6 Å². The normalized spacial score (nSPS) is 12.2. The minimum absolute atomic E-state index is 0.0129. The molecule has 0 aliphatic carbocycles. The zero-order valence-electron chi connectivity index (χ0n) is 10.2. The van der Waals surface area contributed by atoms with Crippen molar-refractivity contribution in [2.75, 3.05) is 25.7 Å². The lowest BCUT2D eigenvalue weighted by molar-refractivity contribution is 0.362. The average molecular weight is 311 g/mol. The lowest BCUT2D eigenvalue weighted by Crippen LogP contribution is -2.24. The standard InChI is InChI=1S/C8H13N3O6S2/c1-16-6-5-7(17-2)11-8(10-6)18(12,13)3-4-19(9,14)15/h5H,3-4H2,1-2H3,(H2,9,14,15). The molecule has 2 N–H and O–H groups in total. The Labute approximate surface area is 110 Å². The number of sulfonamides is 1. The van der Waals surface area contributed by atoms with E-state index in [4.69, 9.17) is 14.6 Å². The van der Waals surface area contributed by atoms with Gasteiger partial charge in [0, 0.05) is 0 Å². The van der Waals surface area contributed by atoms with Crippen LogP contribution in [0.3, 0.4) is 0 Å². The minimum atomic E-state index is -4.00. The number of primary sulfonamides is 1. The molecule has 0 unspecified atom stereocenters. The maximum absolute atomic E-state index is 11.9. The fourth-order valence-corrected chi connectivity index (χ4v) is 3.50. The molecule has 0 bridgehead atoms. The van der Waals surface area contributed by atoms with Gasteiger partial charge in [-0.3, -0.25) is 0 Å². The molecule has 0 fully saturated rings. The van der Waals surface area contributed by atoms with Crippen molar-refractivity contribution in [3.8, 4) is 11.8 Å². The third-order valence-corrected chi connectivity index (χ3v) is 4.50. The summed E-state index contributed by atoms with van der Waals surface area (Å²) >= 11 is 0. The Balaban J connectivity index is 3.13. The Kier molecular flexibility index (Phi) is 4.66. The number of methoxy groups -OCH3 is 2. The van der Waals surface area contributed by atoms with Gasteiger partial charge in [0.1, 0.15) is 0 Å². The van der Waals surface area contributed by atoms with Crippen molar-refractivity contribution in [1.82, 2.24) is 9.97 Å². The van der Waals surface area contributed by atoms with Crippen LogP contribution in [0.25, 0.3) is 0 Å². The van der Waals surface area contributed by atoms with Crippen LogP contribution in [0.2, 0.25) is 0 Å². The molecule has 1 aromatic rings. The number of sulfone groups is 1. The molecule has 0 aromatic carbocycles. The topological polar surface area (TPSA) is 139 Å². The van der Waals surface area contributed by atoms with Gasteiger partial charge in [-0.25, -0.2) is 22.0 Å². The largest absolute Gasteiger partial charge is 0.481 e. The summed E-state index contributed by atoms with van der Waals surface area (Å²) < 4.78 is 54.9. The number of hydrogen-bond acceptors (Lipinski definition) is 8. The molecule has 11 heteroatoms. The van der Waals surface area contributed by atoms with Crippen molar-refractivity contribution in [2.24, 2.45) is 5.14 Å². The zero-order valence-corrected chi connectivity index (χ0v) is 11.9. The molecular weight excluding hydrogens is 298 g/mol. The van der Waals surface area contributed by atoms with E-state index in [0.717, 1.165) is 0 Å². The molecule has 0 aliphatic rings. The molecule has 1 rings (SSSR count). The van der Waals surface area contributed by atoms with Gasteiger partial charge in [0.2, 0.25) is 31.6 Å². The van der Waals surface area contributed by atoms with Gasteiger partial charge >= 0.3 is 0 Å². The summed E-state index contributed by atoms with van der Waals surface area (Å²) in [5.74, 6) is -1.47. The summed E-state index contributed by atoms with van der Waals surface area (Å²) in [6.45, 7) is 0. The molecule has 1 aromatic heterocycles. The smallest absolute Gasteiger partial charge is 0.253 e. The predicted octanol–water partition coefficient (Wildman–Crippen LogP) is -1.44. The van der Waals surface area contributed by atoms with Crippen LogP contribution in [-0.2, 0) is 19.9 Å². The second kappa shape index (κ2) is 5.67. The number of aromatic nitrogens is 2. The summed E-state index contributed by atoms with van der Waals surface area (Å²) in [5.41, 5.74) is 0. The predicted molar refractivity (Wildman–Crippen MR) is 65.2 cm³/mol. The second-order valence-electron chi connectivity index (χ2n) is 3.42. The summed E-state index contributed by atoms with van der Waals surface area (Å²) in [5, 5.41) is 4.17. The summed E-state index contributed by atoms with van der Waals surface area (Å²) in [6.07, 6.45) is 0. The first kappa shape index (κ1) is 15.6. The van der Waals surface area contributed by atoms with E-state index in [1.165, 1.54) is 20.3 Å². The van der Waals surface area contributed by atoms with Crippen molar-refractivity contribution >= 4 is 19.9 Å². The molecule has 0 amide bonds. The molecule has 19 heavy (non-hydrogen) atoms. The molecule has 1 heterocycles. The fraction of sp³-hybridized carbons (Fsp3) is 0.500. The molecule has 0 aliphatic heterocycles. The molecule has 0 saturated carbocycles. The van der Waals surface area contributed by atoms with Crippen molar-refractivity contribution < 1.29 is 26.3 Å². The number of nitrogens with zero attached hydrogens (tertiary/aromatic N) is 2. The highest BCUT2D eigenvalue weighted by molar-refractivity contribution is 7.94. The quantitative estimate of drug-likeness (QED) is 0.630. The first-order chi connectivity index (χ1) is 8.68. The van der Waals surface area contributed by atoms with Gasteiger partial charge in [0.25, 0.3) is 5.16 Å². The number of rotatable bonds is 6. The van der Waals surface area contributed by atoms with Crippen LogP contribution in [0.15, 0.2) is 11.2 Å². The molecule has 0 spiro atoms. The van der Waals surface area contributed by atoms with Crippen molar-refractivity contribution in [3.05, 3.63) is 6.07 Å². The Hall–Kier alpha value is -1.46. The SMILES string of the molecule is COc1cc(OC)nc(S(=O)(=O)CCS(N)(=O)=O)n1. The van der Waals surface area contributed by atoms with Crippen molar-refractivity contribution in [3.63, 3.8) is 0 Å². The summed E-state index contributed by atoms with van der Waals surface area (Å²) in [4.78, 5) is 7.27. The van der Waals surface area contributed by atoms with Gasteiger partial charge in [-0.15, -0.1) is 0 Å². The van der Waals surface area contributed by atoms with Gasteiger partial charge in [-0.2, -0.15) is 9.97 Å². The van der Waals surface area contributed by atoms with Crippen LogP contribution >= 0.6 is 0 Å². The van der Waals surface area contributed by atoms with E-state index < -0.39 is 36.5 Å². The van der Waals surface area contributed by atoms with E-state index in [9.17, 15) is 16.8 Å². The zero-order chi connectivity index (χ0) is 14.7. The third-order valence-electron chi connectivity index (χ3n) is 1.99. The van der Waals surface area contributed by atoms with E-state index in [1.54, 1.807) is 0 Å². The molecule has 0 radical (unpaired) electrons. The van der Waals surface area contributed by atoms with E-state index >= 15 is 0 Å². The monoisotopic (exact) mass is 311 g/mol. The van der Waals surface area contributed by atoms with Crippen LogP contribution in [0.1, 0.15) is 0 Å². The van der Waals surface area contributed by atoms with Crippen LogP contribution in [-0.4, -0.2) is 52.5 Å². The Bertz CT molecular complexity index is 633. The minimum Gasteiger partial charge on any atom is -0.481 e. The lowest BCUT2D eigenvalue weighted by Gasteiger charge is -2.06. The highest BCUT2D eigenvalue weighted by Crippen LogP contribution is 2.18. The van der Waals surface area contributed by atoms with Gasteiger partial charge in [-0.05, 0) is 0 Å². The summed E-state index contributed by atoms with van der Waals surface area (Å²) in [6, 6.07) is 1.29. The molecule has 108 valence electrons. The van der Waals surface area contributed by atoms with Crippen LogP contribution in [0.5, 0.6) is 11.8 Å². The maximum Gasteiger partial charge on any atom is 0.253 e. The van der Waals surface area contributed by atoms with Gasteiger partial charge in [0.15, 0.2) is 0 Å². The number of hydrogen-bond donors (Lipinski definition) is 1. The van der Waals surface area contributed by atoms with Gasteiger partial charge < -0.3 is 9.47 Å². The fourth-order valence-electron chi connectivity index (χ4n) is 1.05. The molecule has 0 saturated heterocycles. The first-order valence-corrected chi connectivity index (χ1v) is 8.25. The van der Waals surface area contributed by atoms with E-state index in [2.05, 4.69) is 9.97 Å². The van der Waals surface area contributed by atoms with E-state index in [1.807, 2.05) is 0 Å². The molecule has 0 atom stereocenters. The Morgan fingerprint density at radius 3 is 1.89 bits per heavy atom. The molecular formula is C8H13N3O6S2. The average Bonchev–Trinajstić information content (AvgIpc) is 2.35.